The van der Waals surface area contributed by atoms with E-state index in [0.717, 1.165) is 52.8 Å². The fourth-order valence-corrected chi connectivity index (χ4v) is 4.12. The molecule has 31 heavy (non-hydrogen) atoms. The van der Waals surface area contributed by atoms with E-state index in [2.05, 4.69) is 35.0 Å². The molecule has 0 saturated heterocycles. The summed E-state index contributed by atoms with van der Waals surface area (Å²) in [5.41, 5.74) is 4.46. The van der Waals surface area contributed by atoms with Crippen LogP contribution in [0.15, 0.2) is 48.2 Å². The Hall–Kier alpha value is -3.95. The molecule has 6 rings (SSSR count). The standard InChI is InChI=1S/C21H18FN9/c1-29-9-14(8-27-29)15-5-16-13(4-17(15)22)7-23-21(16)18-6-19(25-11-24-18)30-2-3-31-20(10-30)26-12-28-31/h4-6,8-9,11-12H,2-3,7,10H2,1H3. The van der Waals surface area contributed by atoms with Gasteiger partial charge in [0.1, 0.15) is 30.1 Å². The van der Waals surface area contributed by atoms with Gasteiger partial charge in [-0.05, 0) is 17.7 Å². The molecule has 2 aliphatic heterocycles. The van der Waals surface area contributed by atoms with E-state index in [9.17, 15) is 4.39 Å². The normalized spacial score (nSPS) is 15.0. The minimum Gasteiger partial charge on any atom is -0.347 e. The van der Waals surface area contributed by atoms with Crippen LogP contribution >= 0.6 is 0 Å². The summed E-state index contributed by atoms with van der Waals surface area (Å²) < 4.78 is 18.3. The van der Waals surface area contributed by atoms with E-state index in [1.54, 1.807) is 35.8 Å². The summed E-state index contributed by atoms with van der Waals surface area (Å²) in [5.74, 6) is 1.44. The van der Waals surface area contributed by atoms with Gasteiger partial charge >= 0.3 is 0 Å². The van der Waals surface area contributed by atoms with E-state index in [4.69, 9.17) is 0 Å². The molecule has 3 aromatic heterocycles. The van der Waals surface area contributed by atoms with E-state index < -0.39 is 0 Å². The highest BCUT2D eigenvalue weighted by atomic mass is 19.1. The van der Waals surface area contributed by atoms with E-state index in [1.165, 1.54) is 0 Å². The van der Waals surface area contributed by atoms with Crippen molar-refractivity contribution in [2.75, 3.05) is 11.4 Å². The number of benzene rings is 1. The first kappa shape index (κ1) is 17.9. The van der Waals surface area contributed by atoms with Gasteiger partial charge in [0.25, 0.3) is 0 Å². The highest BCUT2D eigenvalue weighted by Gasteiger charge is 2.24. The molecule has 154 valence electrons. The van der Waals surface area contributed by atoms with Crippen LogP contribution in [0, 0.1) is 5.82 Å². The molecule has 0 unspecified atom stereocenters. The summed E-state index contributed by atoms with van der Waals surface area (Å²) in [7, 11) is 1.81. The quantitative estimate of drug-likeness (QED) is 0.508. The molecule has 0 atom stereocenters. The average Bonchev–Trinajstić information content (AvgIpc) is 3.52. The maximum atomic E-state index is 14.7. The van der Waals surface area contributed by atoms with Crippen molar-refractivity contribution < 1.29 is 4.39 Å². The minimum atomic E-state index is -0.274. The zero-order valence-corrected chi connectivity index (χ0v) is 16.8. The van der Waals surface area contributed by atoms with Crippen LogP contribution < -0.4 is 4.90 Å². The predicted octanol–water partition coefficient (Wildman–Crippen LogP) is 1.98. The molecule has 0 radical (unpaired) electrons. The number of aromatic nitrogens is 7. The zero-order valence-electron chi connectivity index (χ0n) is 16.8. The van der Waals surface area contributed by atoms with Crippen molar-refractivity contribution in [3.05, 3.63) is 71.7 Å². The number of anilines is 1. The second-order valence-electron chi connectivity index (χ2n) is 7.64. The van der Waals surface area contributed by atoms with Crippen molar-refractivity contribution in [3.63, 3.8) is 0 Å². The number of nitrogens with zero attached hydrogens (tertiary/aromatic N) is 9. The van der Waals surface area contributed by atoms with Gasteiger partial charge in [0.05, 0.1) is 37.2 Å². The second kappa shape index (κ2) is 6.79. The van der Waals surface area contributed by atoms with Crippen molar-refractivity contribution in [1.29, 1.82) is 0 Å². The van der Waals surface area contributed by atoms with E-state index in [0.29, 0.717) is 18.7 Å². The van der Waals surface area contributed by atoms with Crippen molar-refractivity contribution in [1.82, 2.24) is 34.5 Å². The Morgan fingerprint density at radius 2 is 1.90 bits per heavy atom. The van der Waals surface area contributed by atoms with Crippen LogP contribution in [0.2, 0.25) is 0 Å². The van der Waals surface area contributed by atoms with Gasteiger partial charge in [0.2, 0.25) is 0 Å². The summed E-state index contributed by atoms with van der Waals surface area (Å²) in [4.78, 5) is 20.1. The molecule has 1 aromatic carbocycles. The molecule has 10 heteroatoms. The van der Waals surface area contributed by atoms with Crippen molar-refractivity contribution in [3.8, 4) is 11.1 Å². The Bertz CT molecular complexity index is 1340. The van der Waals surface area contributed by atoms with Gasteiger partial charge in [-0.25, -0.2) is 24.0 Å². The zero-order chi connectivity index (χ0) is 20.9. The number of aliphatic imine (C=N–C) groups is 1. The Balaban J connectivity index is 1.35. The van der Waals surface area contributed by atoms with Gasteiger partial charge in [0.15, 0.2) is 0 Å². The Kier molecular flexibility index (Phi) is 3.92. The largest absolute Gasteiger partial charge is 0.347 e. The fraction of sp³-hybridized carbons (Fsp3) is 0.238. The average molecular weight is 415 g/mol. The van der Waals surface area contributed by atoms with Gasteiger partial charge in [0, 0.05) is 42.5 Å². The monoisotopic (exact) mass is 415 g/mol. The second-order valence-corrected chi connectivity index (χ2v) is 7.64. The fourth-order valence-electron chi connectivity index (χ4n) is 4.12. The molecule has 0 aliphatic carbocycles. The van der Waals surface area contributed by atoms with Gasteiger partial charge in [-0.3, -0.25) is 9.67 Å². The number of hydrogen-bond donors (Lipinski definition) is 0. The number of fused-ring (bicyclic) bond motifs is 2. The lowest BCUT2D eigenvalue weighted by Crippen LogP contribution is -2.35. The summed E-state index contributed by atoms with van der Waals surface area (Å²) >= 11 is 0. The molecule has 0 bridgehead atoms. The van der Waals surface area contributed by atoms with Gasteiger partial charge < -0.3 is 4.90 Å². The SMILES string of the molecule is Cn1cc(-c2cc3c(cc2F)CN=C3c2cc(N3CCn4ncnc4C3)ncn2)cn1. The molecular weight excluding hydrogens is 397 g/mol. The van der Waals surface area contributed by atoms with Crippen LogP contribution in [0.4, 0.5) is 10.2 Å². The minimum absolute atomic E-state index is 0.274. The van der Waals surface area contributed by atoms with Crippen LogP contribution in [-0.2, 0) is 26.7 Å². The summed E-state index contributed by atoms with van der Waals surface area (Å²) in [5, 5.41) is 8.39. The number of hydrogen-bond acceptors (Lipinski definition) is 7. The smallest absolute Gasteiger partial charge is 0.146 e. The Morgan fingerprint density at radius 1 is 0.968 bits per heavy atom. The molecule has 0 amide bonds. The van der Waals surface area contributed by atoms with Gasteiger partial charge in [-0.15, -0.1) is 0 Å². The van der Waals surface area contributed by atoms with Crippen molar-refractivity contribution in [2.24, 2.45) is 12.0 Å². The van der Waals surface area contributed by atoms with Crippen molar-refractivity contribution >= 4 is 11.5 Å². The van der Waals surface area contributed by atoms with Crippen LogP contribution in [0.3, 0.4) is 0 Å². The molecule has 9 nitrogen and oxygen atoms in total. The van der Waals surface area contributed by atoms with Crippen LogP contribution in [0.1, 0.15) is 22.6 Å². The molecular formula is C21H18FN9. The lowest BCUT2D eigenvalue weighted by molar-refractivity contribution is 0.510. The number of halogens is 1. The Morgan fingerprint density at radius 3 is 2.77 bits per heavy atom. The lowest BCUT2D eigenvalue weighted by atomic mass is 9.97. The third kappa shape index (κ3) is 2.98. The number of aryl methyl sites for hydroxylation is 1. The Labute approximate surface area is 176 Å². The highest BCUT2D eigenvalue weighted by molar-refractivity contribution is 6.14. The maximum Gasteiger partial charge on any atom is 0.146 e. The first-order valence-electron chi connectivity index (χ1n) is 9.96. The summed E-state index contributed by atoms with van der Waals surface area (Å²) in [6.07, 6.45) is 6.59. The van der Waals surface area contributed by atoms with Crippen molar-refractivity contribution in [2.45, 2.75) is 19.6 Å². The predicted molar refractivity (Wildman–Crippen MR) is 111 cm³/mol. The van der Waals surface area contributed by atoms with Crippen LogP contribution in [0.5, 0.6) is 0 Å². The molecule has 0 saturated carbocycles. The molecule has 5 heterocycles. The van der Waals surface area contributed by atoms with E-state index in [-0.39, 0.29) is 5.82 Å². The third-order valence-corrected chi connectivity index (χ3v) is 5.70. The third-order valence-electron chi connectivity index (χ3n) is 5.70. The first-order chi connectivity index (χ1) is 15.2. The molecule has 4 aromatic rings. The van der Waals surface area contributed by atoms with Crippen LogP contribution in [-0.4, -0.2) is 46.8 Å². The summed E-state index contributed by atoms with van der Waals surface area (Å²) in [6, 6.07) is 5.35. The molecule has 0 fully saturated rings. The summed E-state index contributed by atoms with van der Waals surface area (Å²) in [6.45, 7) is 2.61. The number of rotatable bonds is 3. The van der Waals surface area contributed by atoms with Gasteiger partial charge in [-0.1, -0.05) is 0 Å². The molecule has 0 spiro atoms. The lowest BCUT2D eigenvalue weighted by Gasteiger charge is -2.27. The maximum absolute atomic E-state index is 14.7. The topological polar surface area (TPSA) is 89.9 Å². The highest BCUT2D eigenvalue weighted by Crippen LogP contribution is 2.31. The van der Waals surface area contributed by atoms with E-state index in [1.807, 2.05) is 23.9 Å². The van der Waals surface area contributed by atoms with E-state index >= 15 is 0 Å². The molecule has 2 aliphatic rings. The first-order valence-corrected chi connectivity index (χ1v) is 9.96. The van der Waals surface area contributed by atoms with Gasteiger partial charge in [-0.2, -0.15) is 10.2 Å². The molecule has 0 N–H and O–H groups in total. The van der Waals surface area contributed by atoms with Crippen LogP contribution in [0.25, 0.3) is 11.1 Å².